The largest absolute Gasteiger partial charge is 0.400 e. The van der Waals surface area contributed by atoms with Gasteiger partial charge in [-0.25, -0.2) is 10.5 Å². The van der Waals surface area contributed by atoms with Gasteiger partial charge in [0.05, 0.1) is 0 Å². The van der Waals surface area contributed by atoms with Gasteiger partial charge < -0.3 is 20.4 Å². The Morgan fingerprint density at radius 2 is 0.387 bits per heavy atom. The molecule has 0 bridgehead atoms. The quantitative estimate of drug-likeness (QED) is 0.0948. The Balaban J connectivity index is -0.0000000182. The van der Waals surface area contributed by atoms with Crippen LogP contribution in [0.3, 0.4) is 0 Å². The molecule has 7 nitrogen and oxygen atoms in total. The molecule has 0 saturated heterocycles. The Morgan fingerprint density at radius 1 is 0.355 bits per heavy atom. The minimum atomic E-state index is -0.118. The predicted molar refractivity (Wildman–Crippen MR) is 208 cm³/mol. The molecular weight excluding hydrogens is 657 g/mol. The molecule has 0 fully saturated rings. The highest BCUT2D eigenvalue weighted by atomic mass is 30.4. The minimum Gasteiger partial charge on any atom is -0.400 e. The molecule has 0 aliphatic heterocycles. The standard InChI is InChI=1S/4CH4O.4CH4.H2O3.2H18Si8/c4*1-2;;;;;1-3-2;2*1-7(2,3)8(4,5)6/h4*2H,1H3;4*1H4;1-2H;2*1-6H3. The van der Waals surface area contributed by atoms with E-state index in [4.69, 9.17) is 30.9 Å². The lowest BCUT2D eigenvalue weighted by molar-refractivity contribution is -0.465. The second-order valence-corrected chi connectivity index (χ2v) is 243. The van der Waals surface area contributed by atoms with Crippen molar-refractivity contribution >= 4 is 142 Å². The van der Waals surface area contributed by atoms with Gasteiger partial charge in [-0.2, -0.15) is 0 Å². The Kier molecular flexibility index (Phi) is 97.8. The maximum absolute atomic E-state index is 7.00. The smallest absolute Gasteiger partial charge is 0.0319 e. The van der Waals surface area contributed by atoms with Gasteiger partial charge in [-0.1, -0.05) is 34.7 Å². The maximum atomic E-state index is 7.00. The predicted octanol–water partition coefficient (Wildman–Crippen LogP) is -14.8. The number of hydrogen-bond acceptors (Lipinski definition) is 7. The van der Waals surface area contributed by atoms with Gasteiger partial charge in [0.1, 0.15) is 0 Å². The fraction of sp³-hybridized carbons (Fsp3) is 1.00. The summed E-state index contributed by atoms with van der Waals surface area (Å²) in [6.45, 7) is 0. The van der Waals surface area contributed by atoms with Crippen molar-refractivity contribution in [3.05, 3.63) is 0 Å². The summed E-state index contributed by atoms with van der Waals surface area (Å²) in [5.74, 6) is 0. The molecule has 0 aliphatic carbocycles. The van der Waals surface area contributed by atoms with Crippen LogP contribution >= 0.6 is 0 Å². The third kappa shape index (κ3) is 71.9. The van der Waals surface area contributed by atoms with Crippen LogP contribution in [0, 0.1) is 0 Å². The Hall–Kier alpha value is 3.19. The molecule has 0 aliphatic rings. The van der Waals surface area contributed by atoms with Crippen molar-refractivity contribution in [3.8, 4) is 0 Å². The molecule has 23 heteroatoms. The van der Waals surface area contributed by atoms with Crippen LogP contribution in [0.5, 0.6) is 0 Å². The van der Waals surface area contributed by atoms with E-state index >= 15 is 0 Å². The van der Waals surface area contributed by atoms with Crippen LogP contribution < -0.4 is 0 Å². The summed E-state index contributed by atoms with van der Waals surface area (Å²) in [5.41, 5.74) is 0. The highest BCUT2D eigenvalue weighted by molar-refractivity contribution is 8.07. The summed E-state index contributed by atoms with van der Waals surface area (Å²) in [7, 11) is 24.6. The van der Waals surface area contributed by atoms with Crippen molar-refractivity contribution in [2.75, 3.05) is 28.4 Å². The normalized spacial score (nSPS) is 16.1. The number of rotatable bonds is 2. The number of hydrogen-bond donors (Lipinski definition) is 6. The molecule has 0 spiro atoms. The first-order chi connectivity index (χ1) is 11.9. The molecule has 0 atom stereocenters. The average Bonchev–Trinajstić information content (AvgIpc) is 2.53. The van der Waals surface area contributed by atoms with Crippen molar-refractivity contribution in [1.82, 2.24) is 0 Å². The Morgan fingerprint density at radius 3 is 0.387 bits per heavy atom. The SMILES string of the molecule is C.C.C.C.CO.CO.CO.CO.OOO.[SiH3][Si]([SiH3])([SiH3])[Si]([SiH3])([SiH3])[SiH3].[SiH3][Si]([SiH3])([SiH3])[Si]([SiH3])([SiH3])[SiH3]. The van der Waals surface area contributed by atoms with Crippen LogP contribution in [0.25, 0.3) is 0 Å². The molecule has 0 aromatic rings. The van der Waals surface area contributed by atoms with E-state index in [1.54, 1.807) is 117 Å². The fourth-order valence-electron chi connectivity index (χ4n) is 0. The van der Waals surface area contributed by atoms with Gasteiger partial charge in [0.25, 0.3) is 0 Å². The van der Waals surface area contributed by atoms with E-state index in [9.17, 15) is 0 Å². The summed E-state index contributed by atoms with van der Waals surface area (Å²) in [5, 5.41) is 43.5. The van der Waals surface area contributed by atoms with Gasteiger partial charge in [0.2, 0.25) is 0 Å². The highest BCUT2D eigenvalue weighted by Crippen LogP contribution is 1.93. The van der Waals surface area contributed by atoms with E-state index in [-0.39, 0.29) is 54.3 Å². The second kappa shape index (κ2) is 43.3. The number of aliphatic hydroxyl groups excluding tert-OH is 4. The van der Waals surface area contributed by atoms with Crippen molar-refractivity contribution in [2.45, 2.75) is 29.7 Å². The topological polar surface area (TPSA) is 131 Å². The molecule has 208 valence electrons. The molecular formula is C8H70O7Si16. The monoisotopic (exact) mass is 726 g/mol. The molecule has 0 rings (SSSR count). The summed E-state index contributed by atoms with van der Waals surface area (Å²) < 4.78 is 0. The van der Waals surface area contributed by atoms with Gasteiger partial charge >= 0.3 is 0 Å². The van der Waals surface area contributed by atoms with Crippen LogP contribution in [0.1, 0.15) is 29.7 Å². The van der Waals surface area contributed by atoms with E-state index in [0.29, 0.717) is 0 Å². The molecule has 0 amide bonds. The van der Waals surface area contributed by atoms with Crippen LogP contribution in [0.4, 0.5) is 0 Å². The molecule has 0 radical (unpaired) electrons. The van der Waals surface area contributed by atoms with Crippen LogP contribution in [0.2, 0.25) is 0 Å². The average molecular weight is 728 g/mol. The van der Waals surface area contributed by atoms with Gasteiger partial charge in [-0.15, -0.1) is 0 Å². The first kappa shape index (κ1) is 70.0. The second-order valence-electron chi connectivity index (χ2n) is 9.08. The first-order valence-corrected chi connectivity index (χ1v) is 60.7. The van der Waals surface area contributed by atoms with E-state index < -0.39 is 0 Å². The zero-order chi connectivity index (χ0) is 24.7. The zero-order valence-electron chi connectivity index (χ0n) is 21.1. The maximum Gasteiger partial charge on any atom is 0.0319 e. The van der Waals surface area contributed by atoms with Crippen molar-refractivity contribution in [1.29, 1.82) is 0 Å². The third-order valence-corrected chi connectivity index (χ3v) is 364. The first-order valence-electron chi connectivity index (χ1n) is 8.65. The molecule has 0 aromatic carbocycles. The summed E-state index contributed by atoms with van der Waals surface area (Å²) in [6, 6.07) is 0. The lowest BCUT2D eigenvalue weighted by Crippen LogP contribution is -2.68. The molecule has 31 heavy (non-hydrogen) atoms. The zero-order valence-corrected chi connectivity index (χ0v) is 49.1. The van der Waals surface area contributed by atoms with Gasteiger partial charge in [-0.3, -0.25) is 0 Å². The summed E-state index contributed by atoms with van der Waals surface area (Å²) >= 11 is 0. The van der Waals surface area contributed by atoms with Gasteiger partial charge in [-0.05, 0) is 142 Å². The molecule has 0 heterocycles. The van der Waals surface area contributed by atoms with Crippen LogP contribution in [-0.4, -0.2) is 201 Å². The fourth-order valence-corrected chi connectivity index (χ4v) is 0. The van der Waals surface area contributed by atoms with E-state index in [2.05, 4.69) is 5.04 Å². The Bertz CT molecular complexity index is 192. The number of aliphatic hydroxyl groups is 4. The van der Waals surface area contributed by atoms with E-state index in [1.165, 1.54) is 0 Å². The lowest BCUT2D eigenvalue weighted by atomic mass is 11.8. The van der Waals surface area contributed by atoms with Gasteiger partial charge in [0.15, 0.2) is 0 Å². The lowest BCUT2D eigenvalue weighted by Gasteiger charge is -2.31. The molecule has 0 aromatic heterocycles. The van der Waals surface area contributed by atoms with Crippen molar-refractivity contribution in [3.63, 3.8) is 0 Å². The Labute approximate surface area is 234 Å². The van der Waals surface area contributed by atoms with Gasteiger partial charge in [0, 0.05) is 28.4 Å². The van der Waals surface area contributed by atoms with Crippen LogP contribution in [-0.2, 0) is 5.04 Å². The highest BCUT2D eigenvalue weighted by Gasteiger charge is 2.31. The molecule has 0 saturated carbocycles. The van der Waals surface area contributed by atoms with E-state index in [0.717, 1.165) is 28.4 Å². The summed E-state index contributed by atoms with van der Waals surface area (Å²) in [6.07, 6.45) is -0.472. The summed E-state index contributed by atoms with van der Waals surface area (Å²) in [4.78, 5) is 0. The third-order valence-electron chi connectivity index (χ3n) is 4.50. The molecule has 6 N–H and O–H groups in total. The van der Waals surface area contributed by atoms with Crippen molar-refractivity contribution < 1.29 is 36.0 Å². The minimum absolute atomic E-state index is 0. The molecule has 0 unspecified atom stereocenters. The van der Waals surface area contributed by atoms with E-state index in [1.807, 2.05) is 0 Å². The van der Waals surface area contributed by atoms with Crippen LogP contribution in [0.15, 0.2) is 0 Å². The van der Waals surface area contributed by atoms with Crippen molar-refractivity contribution in [2.24, 2.45) is 0 Å².